The van der Waals surface area contributed by atoms with E-state index in [-0.39, 0.29) is 11.9 Å². The molecular formula is C10H14N2O2. The number of carbonyl (C=O) groups excluding carboxylic acids is 1. The highest BCUT2D eigenvalue weighted by Crippen LogP contribution is 2.05. The first kappa shape index (κ1) is 10.8. The van der Waals surface area contributed by atoms with Crippen molar-refractivity contribution < 1.29 is 9.90 Å². The maximum Gasteiger partial charge on any atom is 0.181 e. The zero-order chi connectivity index (χ0) is 10.4. The van der Waals surface area contributed by atoms with E-state index in [9.17, 15) is 4.79 Å². The predicted molar refractivity (Wildman–Crippen MR) is 51.9 cm³/mol. The minimum Gasteiger partial charge on any atom is -0.393 e. The van der Waals surface area contributed by atoms with Gasteiger partial charge in [-0.25, -0.2) is 9.97 Å². The molecule has 1 heterocycles. The van der Waals surface area contributed by atoms with Crippen LogP contribution in [0.1, 0.15) is 36.7 Å². The molecule has 1 unspecified atom stereocenters. The number of hydrogen-bond acceptors (Lipinski definition) is 4. The first-order valence-electron chi connectivity index (χ1n) is 4.67. The number of carbonyl (C=O) groups is 1. The van der Waals surface area contributed by atoms with E-state index < -0.39 is 0 Å². The van der Waals surface area contributed by atoms with Gasteiger partial charge in [0.05, 0.1) is 6.10 Å². The molecule has 0 spiro atoms. The summed E-state index contributed by atoms with van der Waals surface area (Å²) < 4.78 is 0. The monoisotopic (exact) mass is 194 g/mol. The van der Waals surface area contributed by atoms with E-state index in [1.807, 2.05) is 0 Å². The van der Waals surface area contributed by atoms with E-state index >= 15 is 0 Å². The van der Waals surface area contributed by atoms with E-state index in [0.717, 1.165) is 0 Å². The predicted octanol–water partition coefficient (Wildman–Crippen LogP) is 1.21. The van der Waals surface area contributed by atoms with Gasteiger partial charge >= 0.3 is 0 Å². The fourth-order valence-corrected chi connectivity index (χ4v) is 1.14. The summed E-state index contributed by atoms with van der Waals surface area (Å²) in [7, 11) is 0. The molecule has 14 heavy (non-hydrogen) atoms. The van der Waals surface area contributed by atoms with Crippen LogP contribution in [0.15, 0.2) is 18.6 Å². The zero-order valence-corrected chi connectivity index (χ0v) is 8.18. The summed E-state index contributed by atoms with van der Waals surface area (Å²) in [4.78, 5) is 19.0. The number of rotatable bonds is 5. The van der Waals surface area contributed by atoms with E-state index in [4.69, 9.17) is 5.11 Å². The molecule has 0 fully saturated rings. The summed E-state index contributed by atoms with van der Waals surface area (Å²) >= 11 is 0. The molecule has 0 aliphatic heterocycles. The average molecular weight is 194 g/mol. The van der Waals surface area contributed by atoms with Crippen LogP contribution in [0.25, 0.3) is 0 Å². The second kappa shape index (κ2) is 5.44. The van der Waals surface area contributed by atoms with Gasteiger partial charge in [-0.05, 0) is 25.8 Å². The van der Waals surface area contributed by atoms with Gasteiger partial charge in [0, 0.05) is 12.6 Å². The van der Waals surface area contributed by atoms with Crippen LogP contribution in [0, 0.1) is 0 Å². The highest BCUT2D eigenvalue weighted by atomic mass is 16.3. The standard InChI is InChI=1S/C10H14N2O2/c1-8(13)3-2-4-10(14)9-5-6-11-7-12-9/h5-8,13H,2-4H2,1H3. The van der Waals surface area contributed by atoms with Gasteiger partial charge in [0.2, 0.25) is 0 Å². The van der Waals surface area contributed by atoms with Gasteiger partial charge in [-0.15, -0.1) is 0 Å². The topological polar surface area (TPSA) is 63.1 Å². The van der Waals surface area contributed by atoms with Crippen molar-refractivity contribution >= 4 is 5.78 Å². The summed E-state index contributed by atoms with van der Waals surface area (Å²) in [5.74, 6) is 0.00745. The number of ketones is 1. The number of hydrogen-bond donors (Lipinski definition) is 1. The Labute approximate surface area is 83.0 Å². The highest BCUT2D eigenvalue weighted by molar-refractivity contribution is 5.93. The molecule has 1 aromatic rings. The largest absolute Gasteiger partial charge is 0.393 e. The molecule has 0 saturated heterocycles. The lowest BCUT2D eigenvalue weighted by atomic mass is 10.1. The van der Waals surface area contributed by atoms with Crippen molar-refractivity contribution in [3.63, 3.8) is 0 Å². The summed E-state index contributed by atoms with van der Waals surface area (Å²) in [5, 5.41) is 9.00. The van der Waals surface area contributed by atoms with E-state index in [1.165, 1.54) is 6.33 Å². The number of aliphatic hydroxyl groups excluding tert-OH is 1. The number of aliphatic hydroxyl groups is 1. The van der Waals surface area contributed by atoms with E-state index in [0.29, 0.717) is 25.0 Å². The second-order valence-electron chi connectivity index (χ2n) is 3.26. The van der Waals surface area contributed by atoms with Gasteiger partial charge in [0.15, 0.2) is 5.78 Å². The Hall–Kier alpha value is -1.29. The number of nitrogens with zero attached hydrogens (tertiary/aromatic N) is 2. The van der Waals surface area contributed by atoms with Crippen molar-refractivity contribution in [2.24, 2.45) is 0 Å². The molecule has 0 aromatic carbocycles. The maximum atomic E-state index is 11.5. The van der Waals surface area contributed by atoms with Crippen LogP contribution >= 0.6 is 0 Å². The van der Waals surface area contributed by atoms with Crippen LogP contribution in [0.3, 0.4) is 0 Å². The molecule has 1 rings (SSSR count). The fourth-order valence-electron chi connectivity index (χ4n) is 1.14. The average Bonchev–Trinajstić information content (AvgIpc) is 2.18. The third-order valence-electron chi connectivity index (χ3n) is 1.89. The van der Waals surface area contributed by atoms with E-state index in [1.54, 1.807) is 19.2 Å². The van der Waals surface area contributed by atoms with E-state index in [2.05, 4.69) is 9.97 Å². The molecular weight excluding hydrogens is 180 g/mol. The van der Waals surface area contributed by atoms with Crippen molar-refractivity contribution in [3.8, 4) is 0 Å². The first-order chi connectivity index (χ1) is 6.70. The summed E-state index contributed by atoms with van der Waals surface area (Å²) in [6, 6.07) is 1.60. The zero-order valence-electron chi connectivity index (χ0n) is 8.18. The third-order valence-corrected chi connectivity index (χ3v) is 1.89. The lowest BCUT2D eigenvalue weighted by molar-refractivity contribution is 0.0967. The van der Waals surface area contributed by atoms with Crippen LogP contribution in [0.2, 0.25) is 0 Å². The molecule has 1 N–H and O–H groups in total. The van der Waals surface area contributed by atoms with Crippen molar-refractivity contribution in [3.05, 3.63) is 24.3 Å². The van der Waals surface area contributed by atoms with Gasteiger partial charge in [0.1, 0.15) is 12.0 Å². The molecule has 4 nitrogen and oxygen atoms in total. The van der Waals surface area contributed by atoms with Crippen molar-refractivity contribution in [2.45, 2.75) is 32.3 Å². The molecule has 76 valence electrons. The maximum absolute atomic E-state index is 11.5. The van der Waals surface area contributed by atoms with Gasteiger partial charge in [-0.1, -0.05) is 0 Å². The summed E-state index contributed by atoms with van der Waals surface area (Å²) in [6.07, 6.45) is 4.35. The second-order valence-corrected chi connectivity index (χ2v) is 3.26. The fraction of sp³-hybridized carbons (Fsp3) is 0.500. The molecule has 0 aliphatic carbocycles. The van der Waals surface area contributed by atoms with Crippen LogP contribution in [0.5, 0.6) is 0 Å². The van der Waals surface area contributed by atoms with Gasteiger partial charge in [0.25, 0.3) is 0 Å². The van der Waals surface area contributed by atoms with Crippen molar-refractivity contribution in [2.75, 3.05) is 0 Å². The first-order valence-corrected chi connectivity index (χ1v) is 4.67. The minimum atomic E-state index is -0.340. The number of Topliss-reactive ketones (excluding diaryl/α,β-unsaturated/α-hetero) is 1. The molecule has 0 bridgehead atoms. The Bertz CT molecular complexity index is 285. The van der Waals surface area contributed by atoms with Crippen LogP contribution < -0.4 is 0 Å². The molecule has 0 amide bonds. The highest BCUT2D eigenvalue weighted by Gasteiger charge is 2.06. The SMILES string of the molecule is CC(O)CCCC(=O)c1ccncn1. The number of aromatic nitrogens is 2. The van der Waals surface area contributed by atoms with Crippen molar-refractivity contribution in [1.82, 2.24) is 9.97 Å². The Balaban J connectivity index is 2.36. The Morgan fingerprint density at radius 2 is 2.43 bits per heavy atom. The lowest BCUT2D eigenvalue weighted by Crippen LogP contribution is -2.05. The quantitative estimate of drug-likeness (QED) is 0.715. The molecule has 0 aliphatic rings. The molecule has 1 aromatic heterocycles. The smallest absolute Gasteiger partial charge is 0.181 e. The molecule has 0 saturated carbocycles. The van der Waals surface area contributed by atoms with Gasteiger partial charge in [-0.2, -0.15) is 0 Å². The molecule has 4 heteroatoms. The van der Waals surface area contributed by atoms with Crippen LogP contribution in [-0.4, -0.2) is 27.0 Å². The normalized spacial score (nSPS) is 12.4. The van der Waals surface area contributed by atoms with Crippen LogP contribution in [-0.2, 0) is 0 Å². The minimum absolute atomic E-state index is 0.00745. The van der Waals surface area contributed by atoms with Gasteiger partial charge in [-0.3, -0.25) is 4.79 Å². The lowest BCUT2D eigenvalue weighted by Gasteiger charge is -2.02. The summed E-state index contributed by atoms with van der Waals surface area (Å²) in [6.45, 7) is 1.72. The Kier molecular flexibility index (Phi) is 4.19. The van der Waals surface area contributed by atoms with Crippen LogP contribution in [0.4, 0.5) is 0 Å². The van der Waals surface area contributed by atoms with Gasteiger partial charge < -0.3 is 5.11 Å². The van der Waals surface area contributed by atoms with Crippen molar-refractivity contribution in [1.29, 1.82) is 0 Å². The molecule has 1 atom stereocenters. The Morgan fingerprint density at radius 1 is 1.64 bits per heavy atom. The summed E-state index contributed by atoms with van der Waals surface area (Å²) in [5.41, 5.74) is 0.450. The Morgan fingerprint density at radius 3 is 3.00 bits per heavy atom. The third kappa shape index (κ3) is 3.62. The molecule has 0 radical (unpaired) electrons.